The van der Waals surface area contributed by atoms with Gasteiger partial charge in [0.25, 0.3) is 0 Å². The number of hydrogen-bond donors (Lipinski definition) is 1. The van der Waals surface area contributed by atoms with Gasteiger partial charge in [-0.05, 0) is 56.0 Å². The van der Waals surface area contributed by atoms with Gasteiger partial charge in [0.1, 0.15) is 0 Å². The highest BCUT2D eigenvalue weighted by Gasteiger charge is 2.32. The summed E-state index contributed by atoms with van der Waals surface area (Å²) in [5.41, 5.74) is 0. The van der Waals surface area contributed by atoms with Crippen LogP contribution in [0.25, 0.3) is 10.8 Å². The van der Waals surface area contributed by atoms with E-state index in [4.69, 9.17) is 4.74 Å². The van der Waals surface area contributed by atoms with Gasteiger partial charge in [-0.2, -0.15) is 4.31 Å². The van der Waals surface area contributed by atoms with Crippen molar-refractivity contribution in [1.82, 2.24) is 9.62 Å². The first-order valence-corrected chi connectivity index (χ1v) is 11.7. The van der Waals surface area contributed by atoms with Crippen LogP contribution in [-0.2, 0) is 19.6 Å². The van der Waals surface area contributed by atoms with E-state index in [1.54, 1.807) is 12.1 Å². The van der Waals surface area contributed by atoms with E-state index in [9.17, 15) is 13.2 Å². The summed E-state index contributed by atoms with van der Waals surface area (Å²) in [6.45, 7) is 5.91. The lowest BCUT2D eigenvalue weighted by atomic mass is 9.97. The lowest BCUT2D eigenvalue weighted by Gasteiger charge is -2.30. The van der Waals surface area contributed by atoms with Crippen LogP contribution in [0, 0.1) is 5.92 Å². The Hall–Kier alpha value is -1.96. The number of benzene rings is 2. The topological polar surface area (TPSA) is 75.7 Å². The number of nitrogens with one attached hydrogen (secondary N) is 1. The maximum atomic E-state index is 13.0. The molecule has 0 bridgehead atoms. The summed E-state index contributed by atoms with van der Waals surface area (Å²) in [4.78, 5) is 12.7. The molecule has 3 rings (SSSR count). The molecule has 1 saturated heterocycles. The predicted octanol–water partition coefficient (Wildman–Crippen LogP) is 3.17. The molecule has 1 aliphatic rings. The van der Waals surface area contributed by atoms with Crippen LogP contribution in [0.4, 0.5) is 0 Å². The number of fused-ring (bicyclic) bond motifs is 1. The molecule has 0 aromatic heterocycles. The normalized spacial score (nSPS) is 16.4. The van der Waals surface area contributed by atoms with Crippen LogP contribution in [0.15, 0.2) is 47.4 Å². The van der Waals surface area contributed by atoms with Gasteiger partial charge < -0.3 is 10.1 Å². The van der Waals surface area contributed by atoms with Crippen molar-refractivity contribution in [3.05, 3.63) is 42.5 Å². The molecule has 1 amide bonds. The number of carbonyl (C=O) groups is 1. The van der Waals surface area contributed by atoms with E-state index in [0.717, 1.165) is 17.2 Å². The van der Waals surface area contributed by atoms with Gasteiger partial charge in [0.05, 0.1) is 11.0 Å². The van der Waals surface area contributed by atoms with E-state index in [1.807, 2.05) is 44.2 Å². The van der Waals surface area contributed by atoms with Crippen LogP contribution in [0.3, 0.4) is 0 Å². The van der Waals surface area contributed by atoms with E-state index in [2.05, 4.69) is 5.32 Å². The summed E-state index contributed by atoms with van der Waals surface area (Å²) in [5, 5.41) is 4.87. The predicted molar refractivity (Wildman–Crippen MR) is 114 cm³/mol. The second-order valence-corrected chi connectivity index (χ2v) is 9.69. The molecule has 6 nitrogen and oxygen atoms in total. The van der Waals surface area contributed by atoms with Crippen molar-refractivity contribution in [2.45, 2.75) is 44.1 Å². The molecule has 1 aliphatic heterocycles. The molecule has 2 aromatic carbocycles. The first-order valence-electron chi connectivity index (χ1n) is 10.3. The van der Waals surface area contributed by atoms with Gasteiger partial charge >= 0.3 is 0 Å². The van der Waals surface area contributed by atoms with Crippen LogP contribution in [0.2, 0.25) is 0 Å². The zero-order valence-corrected chi connectivity index (χ0v) is 18.0. The number of amides is 1. The van der Waals surface area contributed by atoms with Crippen molar-refractivity contribution in [1.29, 1.82) is 0 Å². The third-order valence-corrected chi connectivity index (χ3v) is 7.15. The molecular weight excluding hydrogens is 388 g/mol. The lowest BCUT2D eigenvalue weighted by molar-refractivity contribution is -0.126. The number of rotatable bonds is 8. The van der Waals surface area contributed by atoms with Crippen LogP contribution >= 0.6 is 0 Å². The summed E-state index contributed by atoms with van der Waals surface area (Å²) in [6.07, 6.45) is 2.06. The summed E-state index contributed by atoms with van der Waals surface area (Å²) in [5.74, 6) is -0.124. The number of hydrogen-bond acceptors (Lipinski definition) is 4. The van der Waals surface area contributed by atoms with Gasteiger partial charge in [0, 0.05) is 32.2 Å². The van der Waals surface area contributed by atoms with Gasteiger partial charge in [-0.1, -0.05) is 30.3 Å². The van der Waals surface area contributed by atoms with Gasteiger partial charge in [-0.25, -0.2) is 8.42 Å². The van der Waals surface area contributed by atoms with Crippen molar-refractivity contribution >= 4 is 26.7 Å². The van der Waals surface area contributed by atoms with Crippen molar-refractivity contribution in [2.75, 3.05) is 26.2 Å². The average molecular weight is 419 g/mol. The first kappa shape index (κ1) is 21.7. The Morgan fingerprint density at radius 2 is 1.83 bits per heavy atom. The molecule has 0 radical (unpaired) electrons. The Morgan fingerprint density at radius 1 is 1.14 bits per heavy atom. The number of ether oxygens (including phenoxy) is 1. The Morgan fingerprint density at radius 3 is 2.52 bits per heavy atom. The number of carbonyl (C=O) groups excluding carboxylic acids is 1. The molecule has 1 heterocycles. The molecule has 0 atom stereocenters. The highest BCUT2D eigenvalue weighted by Crippen LogP contribution is 2.26. The molecule has 29 heavy (non-hydrogen) atoms. The SMILES string of the molecule is CC(C)OCCCNC(=O)C1CCN(S(=O)(=O)c2ccc3ccccc3c2)CC1. The molecular formula is C22H30N2O4S. The minimum absolute atomic E-state index is 0.0114. The third kappa shape index (κ3) is 5.56. The molecule has 1 fully saturated rings. The van der Waals surface area contributed by atoms with Gasteiger partial charge in [-0.3, -0.25) is 4.79 Å². The highest BCUT2D eigenvalue weighted by molar-refractivity contribution is 7.89. The van der Waals surface area contributed by atoms with E-state index >= 15 is 0 Å². The maximum absolute atomic E-state index is 13.0. The minimum Gasteiger partial charge on any atom is -0.379 e. The largest absolute Gasteiger partial charge is 0.379 e. The molecule has 158 valence electrons. The Kier molecular flexibility index (Phi) is 7.27. The standard InChI is InChI=1S/C22H30N2O4S/c1-17(2)28-15-5-12-23-22(25)19-10-13-24(14-11-19)29(26,27)21-9-8-18-6-3-4-7-20(18)16-21/h3-4,6-9,16-17,19H,5,10-15H2,1-2H3,(H,23,25). The lowest BCUT2D eigenvalue weighted by Crippen LogP contribution is -2.43. The van der Waals surface area contributed by atoms with Gasteiger partial charge in [0.15, 0.2) is 0 Å². The van der Waals surface area contributed by atoms with Gasteiger partial charge in [-0.15, -0.1) is 0 Å². The fourth-order valence-corrected chi connectivity index (χ4v) is 5.09. The molecule has 7 heteroatoms. The summed E-state index contributed by atoms with van der Waals surface area (Å²) in [6, 6.07) is 12.9. The third-order valence-electron chi connectivity index (χ3n) is 5.25. The number of piperidine rings is 1. The molecule has 0 spiro atoms. The minimum atomic E-state index is -3.55. The van der Waals surface area contributed by atoms with Crippen LogP contribution in [0.5, 0.6) is 0 Å². The molecule has 0 unspecified atom stereocenters. The van der Waals surface area contributed by atoms with Gasteiger partial charge in [0.2, 0.25) is 15.9 Å². The van der Waals surface area contributed by atoms with Crippen molar-refractivity contribution in [3.8, 4) is 0 Å². The van der Waals surface area contributed by atoms with Crippen molar-refractivity contribution in [3.63, 3.8) is 0 Å². The Labute approximate surface area is 173 Å². The monoisotopic (exact) mass is 418 g/mol. The number of sulfonamides is 1. The fraction of sp³-hybridized carbons (Fsp3) is 0.500. The second kappa shape index (κ2) is 9.69. The van der Waals surface area contributed by atoms with Crippen LogP contribution < -0.4 is 5.32 Å². The smallest absolute Gasteiger partial charge is 0.243 e. The summed E-state index contributed by atoms with van der Waals surface area (Å²) >= 11 is 0. The Balaban J connectivity index is 1.53. The maximum Gasteiger partial charge on any atom is 0.243 e. The molecule has 0 aliphatic carbocycles. The Bertz CT molecular complexity index is 935. The first-order chi connectivity index (χ1) is 13.9. The average Bonchev–Trinajstić information content (AvgIpc) is 2.73. The molecule has 0 saturated carbocycles. The molecule has 1 N–H and O–H groups in total. The summed E-state index contributed by atoms with van der Waals surface area (Å²) < 4.78 is 33.0. The number of nitrogens with zero attached hydrogens (tertiary/aromatic N) is 1. The van der Waals surface area contributed by atoms with Crippen LogP contribution in [0.1, 0.15) is 33.1 Å². The zero-order valence-electron chi connectivity index (χ0n) is 17.1. The van der Waals surface area contributed by atoms with Crippen molar-refractivity contribution < 1.29 is 17.9 Å². The van der Waals surface area contributed by atoms with E-state index in [-0.39, 0.29) is 17.9 Å². The second-order valence-electron chi connectivity index (χ2n) is 7.75. The fourth-order valence-electron chi connectivity index (χ4n) is 3.58. The highest BCUT2D eigenvalue weighted by atomic mass is 32.2. The zero-order chi connectivity index (χ0) is 20.9. The van der Waals surface area contributed by atoms with E-state index < -0.39 is 10.0 Å². The molecule has 2 aromatic rings. The quantitative estimate of drug-likeness (QED) is 0.668. The van der Waals surface area contributed by atoms with E-state index in [1.165, 1.54) is 4.31 Å². The van der Waals surface area contributed by atoms with E-state index in [0.29, 0.717) is 44.0 Å². The summed E-state index contributed by atoms with van der Waals surface area (Å²) in [7, 11) is -3.55. The van der Waals surface area contributed by atoms with Crippen molar-refractivity contribution in [2.24, 2.45) is 5.92 Å². The van der Waals surface area contributed by atoms with Crippen LogP contribution in [-0.4, -0.2) is 51.0 Å².